The van der Waals surface area contributed by atoms with E-state index in [0.717, 1.165) is 17.1 Å². The minimum absolute atomic E-state index is 0.0746. The molecule has 0 aliphatic rings. The highest BCUT2D eigenvalue weighted by Crippen LogP contribution is 2.33. The van der Waals surface area contributed by atoms with Crippen LogP contribution in [0.15, 0.2) is 48.9 Å². The first kappa shape index (κ1) is 14.1. The lowest BCUT2D eigenvalue weighted by molar-refractivity contribution is 0.0699. The van der Waals surface area contributed by atoms with Crippen LogP contribution in [0.2, 0.25) is 0 Å². The van der Waals surface area contributed by atoms with Gasteiger partial charge in [-0.25, -0.2) is 14.8 Å². The molecule has 0 radical (unpaired) electrons. The second kappa shape index (κ2) is 5.27. The first-order valence-electron chi connectivity index (χ1n) is 7.23. The summed E-state index contributed by atoms with van der Waals surface area (Å²) in [6.07, 6.45) is 3.51. The van der Waals surface area contributed by atoms with E-state index in [1.165, 1.54) is 12.5 Å². The minimum Gasteiger partial charge on any atom is -0.478 e. The fourth-order valence-corrected chi connectivity index (χ4v) is 2.96. The van der Waals surface area contributed by atoms with Gasteiger partial charge in [0.25, 0.3) is 0 Å². The standard InChI is InChI=1S/C18H11N3O3/c22-8-14-11-4-2-1-3-10(11)5-6-12(14)16-15-13(18(23)24)7-19-17(15)21-9-20-16/h1-9H,(H,23,24)(H,19,20,21). The quantitative estimate of drug-likeness (QED) is 0.565. The summed E-state index contributed by atoms with van der Waals surface area (Å²) in [7, 11) is 0. The Morgan fingerprint density at radius 1 is 1.12 bits per heavy atom. The number of hydrogen-bond acceptors (Lipinski definition) is 4. The van der Waals surface area contributed by atoms with E-state index >= 15 is 0 Å². The van der Waals surface area contributed by atoms with Gasteiger partial charge < -0.3 is 10.1 Å². The smallest absolute Gasteiger partial charge is 0.338 e. The van der Waals surface area contributed by atoms with Crippen molar-refractivity contribution in [2.24, 2.45) is 0 Å². The van der Waals surface area contributed by atoms with Gasteiger partial charge in [0.05, 0.1) is 16.6 Å². The number of carbonyl (C=O) groups excluding carboxylic acids is 1. The van der Waals surface area contributed by atoms with Crippen LogP contribution in [0.1, 0.15) is 20.7 Å². The molecular weight excluding hydrogens is 306 g/mol. The van der Waals surface area contributed by atoms with Crippen LogP contribution in [0.5, 0.6) is 0 Å². The van der Waals surface area contributed by atoms with Crippen molar-refractivity contribution in [1.29, 1.82) is 0 Å². The topological polar surface area (TPSA) is 95.9 Å². The fraction of sp³-hybridized carbons (Fsp3) is 0. The molecule has 116 valence electrons. The predicted octanol–water partition coefficient (Wildman–Crippen LogP) is 3.29. The number of nitrogens with zero attached hydrogens (tertiary/aromatic N) is 2. The Labute approximate surface area is 135 Å². The number of aromatic amines is 1. The number of hydrogen-bond donors (Lipinski definition) is 2. The number of carboxylic acids is 1. The highest BCUT2D eigenvalue weighted by molar-refractivity contribution is 6.11. The molecule has 0 aliphatic carbocycles. The van der Waals surface area contributed by atoms with E-state index in [-0.39, 0.29) is 5.56 Å². The highest BCUT2D eigenvalue weighted by atomic mass is 16.4. The van der Waals surface area contributed by atoms with Crippen LogP contribution in [0.4, 0.5) is 0 Å². The number of aldehydes is 1. The third-order valence-corrected chi connectivity index (χ3v) is 4.04. The molecule has 0 bridgehead atoms. The van der Waals surface area contributed by atoms with Crippen molar-refractivity contribution in [2.75, 3.05) is 0 Å². The molecule has 0 atom stereocenters. The Morgan fingerprint density at radius 2 is 1.96 bits per heavy atom. The molecular formula is C18H11N3O3. The van der Waals surface area contributed by atoms with E-state index in [0.29, 0.717) is 27.9 Å². The van der Waals surface area contributed by atoms with Crippen LogP contribution < -0.4 is 0 Å². The molecule has 0 saturated carbocycles. The van der Waals surface area contributed by atoms with Crippen molar-refractivity contribution < 1.29 is 14.7 Å². The van der Waals surface area contributed by atoms with Gasteiger partial charge in [-0.3, -0.25) is 4.79 Å². The number of carboxylic acid groups (broad SMARTS) is 1. The second-order valence-electron chi connectivity index (χ2n) is 5.32. The van der Waals surface area contributed by atoms with E-state index in [1.54, 1.807) is 6.07 Å². The molecule has 0 saturated heterocycles. The van der Waals surface area contributed by atoms with Crippen LogP contribution in [-0.4, -0.2) is 32.3 Å². The second-order valence-corrected chi connectivity index (χ2v) is 5.32. The number of benzene rings is 2. The molecule has 2 heterocycles. The van der Waals surface area contributed by atoms with Gasteiger partial charge in [-0.15, -0.1) is 0 Å². The highest BCUT2D eigenvalue weighted by Gasteiger charge is 2.19. The van der Waals surface area contributed by atoms with E-state index in [9.17, 15) is 14.7 Å². The van der Waals surface area contributed by atoms with Gasteiger partial charge in [0, 0.05) is 17.3 Å². The lowest BCUT2D eigenvalue weighted by Gasteiger charge is -2.09. The van der Waals surface area contributed by atoms with Crippen LogP contribution in [0, 0.1) is 0 Å². The maximum atomic E-state index is 11.7. The number of fused-ring (bicyclic) bond motifs is 2. The number of aromatic carboxylic acids is 1. The Kier molecular flexibility index (Phi) is 3.09. The summed E-state index contributed by atoms with van der Waals surface area (Å²) in [5, 5.41) is 11.5. The Bertz CT molecular complexity index is 1120. The van der Waals surface area contributed by atoms with Crippen molar-refractivity contribution in [2.45, 2.75) is 0 Å². The molecule has 0 unspecified atom stereocenters. The zero-order valence-electron chi connectivity index (χ0n) is 12.4. The van der Waals surface area contributed by atoms with Gasteiger partial charge in [-0.05, 0) is 10.8 Å². The van der Waals surface area contributed by atoms with Gasteiger partial charge >= 0.3 is 5.97 Å². The fourth-order valence-electron chi connectivity index (χ4n) is 2.96. The summed E-state index contributed by atoms with van der Waals surface area (Å²) >= 11 is 0. The largest absolute Gasteiger partial charge is 0.478 e. The van der Waals surface area contributed by atoms with Gasteiger partial charge in [0.15, 0.2) is 6.29 Å². The first-order valence-corrected chi connectivity index (χ1v) is 7.23. The van der Waals surface area contributed by atoms with Crippen molar-refractivity contribution >= 4 is 34.1 Å². The van der Waals surface area contributed by atoms with Gasteiger partial charge in [-0.1, -0.05) is 36.4 Å². The summed E-state index contributed by atoms with van der Waals surface area (Å²) in [5.74, 6) is -1.08. The molecule has 6 heteroatoms. The van der Waals surface area contributed by atoms with Crippen molar-refractivity contribution in [3.63, 3.8) is 0 Å². The third kappa shape index (κ3) is 1.97. The molecule has 2 aromatic carbocycles. The van der Waals surface area contributed by atoms with Crippen molar-refractivity contribution in [3.8, 4) is 11.3 Å². The molecule has 0 fully saturated rings. The Balaban J connectivity index is 2.12. The van der Waals surface area contributed by atoms with Crippen LogP contribution in [-0.2, 0) is 0 Å². The number of nitrogens with one attached hydrogen (secondary N) is 1. The molecule has 4 aromatic rings. The molecule has 2 aromatic heterocycles. The minimum atomic E-state index is -1.08. The maximum absolute atomic E-state index is 11.7. The molecule has 0 aliphatic heterocycles. The van der Waals surface area contributed by atoms with E-state index in [1.807, 2.05) is 30.3 Å². The van der Waals surface area contributed by atoms with Crippen LogP contribution in [0.25, 0.3) is 33.1 Å². The maximum Gasteiger partial charge on any atom is 0.338 e. The first-order chi connectivity index (χ1) is 11.7. The van der Waals surface area contributed by atoms with Gasteiger partial charge in [0.1, 0.15) is 12.0 Å². The molecule has 2 N–H and O–H groups in total. The third-order valence-electron chi connectivity index (χ3n) is 4.04. The summed E-state index contributed by atoms with van der Waals surface area (Å²) < 4.78 is 0. The van der Waals surface area contributed by atoms with Gasteiger partial charge in [-0.2, -0.15) is 0 Å². The number of H-pyrrole nitrogens is 1. The molecule has 4 rings (SSSR count). The zero-order chi connectivity index (χ0) is 16.7. The Hall–Kier alpha value is -3.54. The lowest BCUT2D eigenvalue weighted by atomic mass is 9.96. The lowest BCUT2D eigenvalue weighted by Crippen LogP contribution is -1.98. The molecule has 0 amide bonds. The van der Waals surface area contributed by atoms with Crippen LogP contribution >= 0.6 is 0 Å². The average Bonchev–Trinajstić information content (AvgIpc) is 3.05. The number of aromatic nitrogens is 3. The monoisotopic (exact) mass is 317 g/mol. The summed E-state index contributed by atoms with van der Waals surface area (Å²) in [4.78, 5) is 34.4. The van der Waals surface area contributed by atoms with Crippen LogP contribution in [0.3, 0.4) is 0 Å². The summed E-state index contributed by atoms with van der Waals surface area (Å²) in [6.45, 7) is 0. The summed E-state index contributed by atoms with van der Waals surface area (Å²) in [6, 6.07) is 11.2. The predicted molar refractivity (Wildman–Crippen MR) is 89.2 cm³/mol. The van der Waals surface area contributed by atoms with Crippen molar-refractivity contribution in [1.82, 2.24) is 15.0 Å². The van der Waals surface area contributed by atoms with E-state index in [4.69, 9.17) is 0 Å². The SMILES string of the molecule is O=Cc1c(-c2ncnc3[nH]cc(C(=O)O)c23)ccc2ccccc12. The molecule has 24 heavy (non-hydrogen) atoms. The normalized spacial score (nSPS) is 11.0. The number of rotatable bonds is 3. The van der Waals surface area contributed by atoms with Crippen molar-refractivity contribution in [3.05, 3.63) is 60.0 Å². The summed E-state index contributed by atoms with van der Waals surface area (Å²) in [5.41, 5.74) is 1.98. The Morgan fingerprint density at radius 3 is 2.75 bits per heavy atom. The van der Waals surface area contributed by atoms with E-state index in [2.05, 4.69) is 15.0 Å². The van der Waals surface area contributed by atoms with Gasteiger partial charge in [0.2, 0.25) is 0 Å². The molecule has 0 spiro atoms. The van der Waals surface area contributed by atoms with E-state index < -0.39 is 5.97 Å². The molecule has 6 nitrogen and oxygen atoms in total. The average molecular weight is 317 g/mol. The zero-order valence-corrected chi connectivity index (χ0v) is 12.4. The number of carbonyl (C=O) groups is 2.